The van der Waals surface area contributed by atoms with Gasteiger partial charge in [-0.25, -0.2) is 14.8 Å². The van der Waals surface area contributed by atoms with Gasteiger partial charge < -0.3 is 15.2 Å². The van der Waals surface area contributed by atoms with E-state index in [1.165, 1.54) is 30.0 Å². The quantitative estimate of drug-likeness (QED) is 0.872. The van der Waals surface area contributed by atoms with Crippen LogP contribution in [0.1, 0.15) is 38.8 Å². The fourth-order valence-corrected chi connectivity index (χ4v) is 2.36. The lowest BCUT2D eigenvalue weighted by atomic mass is 10.2. The van der Waals surface area contributed by atoms with Crippen molar-refractivity contribution in [2.24, 2.45) is 0 Å². The molecule has 0 fully saturated rings. The molecule has 2 N–H and O–H groups in total. The maximum Gasteiger partial charge on any atom is 0.355 e. The van der Waals surface area contributed by atoms with E-state index in [1.807, 2.05) is 0 Å². The van der Waals surface area contributed by atoms with Crippen LogP contribution in [-0.4, -0.2) is 34.1 Å². The number of carboxylic acid groups (broad SMARTS) is 1. The smallest absolute Gasteiger partial charge is 0.355 e. The lowest BCUT2D eigenvalue weighted by molar-refractivity contribution is 0.0691. The van der Waals surface area contributed by atoms with Crippen LogP contribution in [0.3, 0.4) is 0 Å². The number of thiazole rings is 1. The van der Waals surface area contributed by atoms with Gasteiger partial charge in [-0.2, -0.15) is 0 Å². The van der Waals surface area contributed by atoms with Crippen molar-refractivity contribution in [3.05, 3.63) is 40.0 Å². The molecule has 0 aliphatic heterocycles. The van der Waals surface area contributed by atoms with Crippen molar-refractivity contribution in [1.29, 1.82) is 0 Å². The van der Waals surface area contributed by atoms with Crippen molar-refractivity contribution < 1.29 is 19.4 Å². The number of aromatic carboxylic acids is 1. The minimum Gasteiger partial charge on any atom is -0.481 e. The molecule has 0 spiro atoms. The first-order chi connectivity index (χ1) is 10.0. The average Bonchev–Trinajstić information content (AvgIpc) is 2.97. The summed E-state index contributed by atoms with van der Waals surface area (Å²) < 4.78 is 4.92. The molecule has 1 unspecified atom stereocenters. The number of nitrogens with zero attached hydrogens (tertiary/aromatic N) is 2. The predicted octanol–water partition coefficient (Wildman–Crippen LogP) is 1.74. The maximum atomic E-state index is 12.0. The van der Waals surface area contributed by atoms with Crippen LogP contribution < -0.4 is 10.1 Å². The average molecular weight is 307 g/mol. The molecule has 0 aliphatic rings. The third-order valence-corrected chi connectivity index (χ3v) is 3.69. The minimum absolute atomic E-state index is 0.0257. The Hall–Kier alpha value is -2.48. The van der Waals surface area contributed by atoms with Crippen LogP contribution in [0.15, 0.2) is 23.7 Å². The van der Waals surface area contributed by atoms with E-state index in [9.17, 15) is 9.59 Å². The molecule has 0 saturated heterocycles. The summed E-state index contributed by atoms with van der Waals surface area (Å²) in [4.78, 5) is 30.7. The topological polar surface area (TPSA) is 101 Å². The zero-order valence-electron chi connectivity index (χ0n) is 11.4. The molecule has 0 aliphatic carbocycles. The summed E-state index contributed by atoms with van der Waals surface area (Å²) in [6, 6.07) is 2.79. The molecule has 21 heavy (non-hydrogen) atoms. The first-order valence-corrected chi connectivity index (χ1v) is 6.89. The summed E-state index contributed by atoms with van der Waals surface area (Å²) in [6.07, 6.45) is 1.41. The lowest BCUT2D eigenvalue weighted by Crippen LogP contribution is -2.26. The zero-order chi connectivity index (χ0) is 15.4. The second-order valence-corrected chi connectivity index (χ2v) is 5.05. The van der Waals surface area contributed by atoms with Gasteiger partial charge in [0, 0.05) is 17.6 Å². The Morgan fingerprint density at radius 3 is 2.71 bits per heavy atom. The number of carbonyl (C=O) groups is 2. The third kappa shape index (κ3) is 3.54. The Bertz CT molecular complexity index is 654. The standard InChI is InChI=1S/C13H13N3O4S/c1-7(12-16-9(6-21-12)13(18)19)15-11(17)8-3-4-10(20-2)14-5-8/h3-7H,1-2H3,(H,15,17)(H,18,19). The van der Waals surface area contributed by atoms with Crippen LogP contribution in [0.4, 0.5) is 0 Å². The highest BCUT2D eigenvalue weighted by atomic mass is 32.1. The van der Waals surface area contributed by atoms with Crippen LogP contribution in [0.5, 0.6) is 5.88 Å². The first kappa shape index (κ1) is 14.9. The van der Waals surface area contributed by atoms with Crippen LogP contribution in [0.2, 0.25) is 0 Å². The van der Waals surface area contributed by atoms with Gasteiger partial charge in [-0.3, -0.25) is 4.79 Å². The van der Waals surface area contributed by atoms with E-state index in [0.29, 0.717) is 16.5 Å². The summed E-state index contributed by atoms with van der Waals surface area (Å²) in [7, 11) is 1.49. The van der Waals surface area contributed by atoms with Crippen LogP contribution >= 0.6 is 11.3 Å². The monoisotopic (exact) mass is 307 g/mol. The number of methoxy groups -OCH3 is 1. The number of hydrogen-bond acceptors (Lipinski definition) is 6. The van der Waals surface area contributed by atoms with Crippen LogP contribution in [-0.2, 0) is 0 Å². The van der Waals surface area contributed by atoms with E-state index in [0.717, 1.165) is 0 Å². The number of aromatic nitrogens is 2. The Morgan fingerprint density at radius 1 is 1.43 bits per heavy atom. The molecule has 2 rings (SSSR count). The van der Waals surface area contributed by atoms with Crippen molar-refractivity contribution in [1.82, 2.24) is 15.3 Å². The predicted molar refractivity (Wildman–Crippen MR) is 75.7 cm³/mol. The van der Waals surface area contributed by atoms with Gasteiger partial charge in [0.2, 0.25) is 5.88 Å². The number of pyridine rings is 1. The van der Waals surface area contributed by atoms with Crippen molar-refractivity contribution >= 4 is 23.2 Å². The third-order valence-electron chi connectivity index (χ3n) is 2.67. The zero-order valence-corrected chi connectivity index (χ0v) is 12.2. The molecule has 7 nitrogen and oxygen atoms in total. The molecule has 1 amide bonds. The molecule has 0 saturated carbocycles. The number of rotatable bonds is 5. The van der Waals surface area contributed by atoms with Crippen molar-refractivity contribution in [3.8, 4) is 5.88 Å². The molecule has 110 valence electrons. The van der Waals surface area contributed by atoms with Gasteiger partial charge >= 0.3 is 5.97 Å². The van der Waals surface area contributed by atoms with E-state index in [1.54, 1.807) is 19.1 Å². The molecule has 0 aromatic carbocycles. The van der Waals surface area contributed by atoms with Crippen molar-refractivity contribution in [3.63, 3.8) is 0 Å². The number of nitrogens with one attached hydrogen (secondary N) is 1. The molecule has 2 heterocycles. The SMILES string of the molecule is COc1ccc(C(=O)NC(C)c2nc(C(=O)O)cs2)cn1. The minimum atomic E-state index is -1.09. The Balaban J connectivity index is 2.05. The Morgan fingerprint density at radius 2 is 2.19 bits per heavy atom. The lowest BCUT2D eigenvalue weighted by Gasteiger charge is -2.11. The first-order valence-electron chi connectivity index (χ1n) is 6.01. The molecular formula is C13H13N3O4S. The summed E-state index contributed by atoms with van der Waals surface area (Å²) in [6.45, 7) is 1.74. The highest BCUT2D eigenvalue weighted by Gasteiger charge is 2.17. The number of carbonyl (C=O) groups excluding carboxylic acids is 1. The molecule has 0 bridgehead atoms. The number of ether oxygens (including phenoxy) is 1. The maximum absolute atomic E-state index is 12.0. The van der Waals surface area contributed by atoms with Crippen LogP contribution in [0, 0.1) is 0 Å². The van der Waals surface area contributed by atoms with E-state index < -0.39 is 12.0 Å². The van der Waals surface area contributed by atoms with E-state index in [-0.39, 0.29) is 11.6 Å². The molecule has 1 atom stereocenters. The van der Waals surface area contributed by atoms with Gasteiger partial charge in [0.25, 0.3) is 5.91 Å². The van der Waals surface area contributed by atoms with E-state index in [4.69, 9.17) is 9.84 Å². The molecule has 8 heteroatoms. The summed E-state index contributed by atoms with van der Waals surface area (Å²) in [5.74, 6) is -0.981. The van der Waals surface area contributed by atoms with Gasteiger partial charge in [0.05, 0.1) is 18.7 Å². The Labute approximate surface area is 124 Å². The van der Waals surface area contributed by atoms with Crippen molar-refractivity contribution in [2.75, 3.05) is 7.11 Å². The highest BCUT2D eigenvalue weighted by molar-refractivity contribution is 7.09. The highest BCUT2D eigenvalue weighted by Crippen LogP contribution is 2.18. The molecule has 0 radical (unpaired) electrons. The fraction of sp³-hybridized carbons (Fsp3) is 0.231. The van der Waals surface area contributed by atoms with Gasteiger partial charge in [0.15, 0.2) is 5.69 Å². The Kier molecular flexibility index (Phi) is 4.49. The summed E-state index contributed by atoms with van der Waals surface area (Å²) in [5.41, 5.74) is 0.361. The van der Waals surface area contributed by atoms with E-state index in [2.05, 4.69) is 15.3 Å². The second-order valence-electron chi connectivity index (χ2n) is 4.16. The summed E-state index contributed by atoms with van der Waals surface area (Å²) in [5, 5.41) is 13.5. The van der Waals surface area contributed by atoms with Gasteiger partial charge in [-0.1, -0.05) is 0 Å². The van der Waals surface area contributed by atoms with E-state index >= 15 is 0 Å². The number of amides is 1. The number of hydrogen-bond donors (Lipinski definition) is 2. The normalized spacial score (nSPS) is 11.7. The summed E-state index contributed by atoms with van der Waals surface area (Å²) >= 11 is 1.19. The van der Waals surface area contributed by atoms with Gasteiger partial charge in [-0.15, -0.1) is 11.3 Å². The molecule has 2 aromatic heterocycles. The van der Waals surface area contributed by atoms with Crippen LogP contribution in [0.25, 0.3) is 0 Å². The van der Waals surface area contributed by atoms with Gasteiger partial charge in [0.1, 0.15) is 5.01 Å². The number of carboxylic acids is 1. The largest absolute Gasteiger partial charge is 0.481 e. The van der Waals surface area contributed by atoms with Crippen molar-refractivity contribution in [2.45, 2.75) is 13.0 Å². The van der Waals surface area contributed by atoms with Gasteiger partial charge in [-0.05, 0) is 13.0 Å². The molecule has 2 aromatic rings. The second kappa shape index (κ2) is 6.31. The fourth-order valence-electron chi connectivity index (χ4n) is 1.56. The molecular weight excluding hydrogens is 294 g/mol.